The Morgan fingerprint density at radius 2 is 2.29 bits per heavy atom. The third-order valence-corrected chi connectivity index (χ3v) is 5.74. The van der Waals surface area contributed by atoms with Crippen LogP contribution in [0.5, 0.6) is 0 Å². The number of thioether (sulfide) groups is 1. The molecule has 2 aliphatic heterocycles. The van der Waals surface area contributed by atoms with Gasteiger partial charge in [-0.05, 0) is 24.5 Å². The highest BCUT2D eigenvalue weighted by atomic mass is 32.2. The van der Waals surface area contributed by atoms with Crippen molar-refractivity contribution in [1.29, 1.82) is 0 Å². The van der Waals surface area contributed by atoms with Crippen LogP contribution in [0.25, 0.3) is 0 Å². The van der Waals surface area contributed by atoms with E-state index in [0.29, 0.717) is 0 Å². The number of hydrogen-bond acceptors (Lipinski definition) is 3. The summed E-state index contributed by atoms with van der Waals surface area (Å²) >= 11 is 2.21. The van der Waals surface area contributed by atoms with Crippen LogP contribution in [0, 0.1) is 5.92 Å². The highest BCUT2D eigenvalue weighted by Crippen LogP contribution is 2.26. The molecule has 0 radical (unpaired) electrons. The van der Waals surface area contributed by atoms with Gasteiger partial charge < -0.3 is 5.32 Å². The molecule has 3 unspecified atom stereocenters. The lowest BCUT2D eigenvalue weighted by Gasteiger charge is -2.38. The van der Waals surface area contributed by atoms with Gasteiger partial charge in [-0.1, -0.05) is 26.7 Å². The SMILES string of the molecule is CCC(C)C1CN(CC2CCCCS2)CCN1. The van der Waals surface area contributed by atoms with Crippen LogP contribution in [0.1, 0.15) is 39.5 Å². The highest BCUT2D eigenvalue weighted by Gasteiger charge is 2.25. The zero-order chi connectivity index (χ0) is 12.1. The lowest BCUT2D eigenvalue weighted by atomic mass is 9.97. The van der Waals surface area contributed by atoms with Crippen LogP contribution in [0.3, 0.4) is 0 Å². The van der Waals surface area contributed by atoms with Gasteiger partial charge in [-0.15, -0.1) is 0 Å². The van der Waals surface area contributed by atoms with E-state index in [1.165, 1.54) is 57.6 Å². The predicted octanol–water partition coefficient (Wildman–Crippen LogP) is 2.59. The van der Waals surface area contributed by atoms with E-state index in [2.05, 4.69) is 35.8 Å². The second-order valence-corrected chi connectivity index (χ2v) is 7.10. The first-order valence-electron chi connectivity index (χ1n) is 7.37. The summed E-state index contributed by atoms with van der Waals surface area (Å²) in [6, 6.07) is 0.724. The first-order chi connectivity index (χ1) is 8.29. The van der Waals surface area contributed by atoms with Gasteiger partial charge in [0.2, 0.25) is 0 Å². The fourth-order valence-electron chi connectivity index (χ4n) is 2.91. The van der Waals surface area contributed by atoms with Crippen LogP contribution < -0.4 is 5.32 Å². The van der Waals surface area contributed by atoms with E-state index in [4.69, 9.17) is 0 Å². The van der Waals surface area contributed by atoms with E-state index < -0.39 is 0 Å². The quantitative estimate of drug-likeness (QED) is 0.832. The van der Waals surface area contributed by atoms with Crippen LogP contribution in [0.2, 0.25) is 0 Å². The summed E-state index contributed by atoms with van der Waals surface area (Å²) in [4.78, 5) is 2.70. The van der Waals surface area contributed by atoms with Crippen molar-refractivity contribution in [3.05, 3.63) is 0 Å². The van der Waals surface area contributed by atoms with E-state index >= 15 is 0 Å². The summed E-state index contributed by atoms with van der Waals surface area (Å²) in [5.74, 6) is 2.21. The van der Waals surface area contributed by atoms with Crippen molar-refractivity contribution in [3.8, 4) is 0 Å². The molecule has 0 aromatic carbocycles. The molecule has 0 saturated carbocycles. The molecule has 0 bridgehead atoms. The van der Waals surface area contributed by atoms with Gasteiger partial charge in [-0.2, -0.15) is 11.8 Å². The largest absolute Gasteiger partial charge is 0.311 e. The van der Waals surface area contributed by atoms with Crippen LogP contribution in [-0.2, 0) is 0 Å². The van der Waals surface area contributed by atoms with Gasteiger partial charge in [0.25, 0.3) is 0 Å². The fraction of sp³-hybridized carbons (Fsp3) is 1.00. The van der Waals surface area contributed by atoms with Gasteiger partial charge in [0, 0.05) is 37.5 Å². The van der Waals surface area contributed by atoms with Crippen LogP contribution in [-0.4, -0.2) is 48.1 Å². The molecule has 1 N–H and O–H groups in total. The third-order valence-electron chi connectivity index (χ3n) is 4.36. The Bertz CT molecular complexity index is 214. The smallest absolute Gasteiger partial charge is 0.0221 e. The van der Waals surface area contributed by atoms with Crippen LogP contribution in [0.15, 0.2) is 0 Å². The van der Waals surface area contributed by atoms with Crippen molar-refractivity contribution in [1.82, 2.24) is 10.2 Å². The van der Waals surface area contributed by atoms with E-state index in [9.17, 15) is 0 Å². The molecule has 2 heterocycles. The van der Waals surface area contributed by atoms with Gasteiger partial charge >= 0.3 is 0 Å². The Morgan fingerprint density at radius 3 is 3.00 bits per heavy atom. The van der Waals surface area contributed by atoms with Gasteiger partial charge in [0.1, 0.15) is 0 Å². The van der Waals surface area contributed by atoms with E-state index in [1.54, 1.807) is 0 Å². The average molecular weight is 256 g/mol. The fourth-order valence-corrected chi connectivity index (χ4v) is 4.27. The molecule has 0 aromatic heterocycles. The Labute approximate surface area is 111 Å². The maximum atomic E-state index is 3.69. The highest BCUT2D eigenvalue weighted by molar-refractivity contribution is 7.99. The van der Waals surface area contributed by atoms with Gasteiger partial charge in [-0.3, -0.25) is 4.90 Å². The van der Waals surface area contributed by atoms with E-state index in [0.717, 1.165) is 17.2 Å². The molecule has 3 atom stereocenters. The number of hydrogen-bond donors (Lipinski definition) is 1. The second-order valence-electron chi connectivity index (χ2n) is 5.69. The predicted molar refractivity (Wildman–Crippen MR) is 77.8 cm³/mol. The number of nitrogens with zero attached hydrogens (tertiary/aromatic N) is 1. The molecule has 100 valence electrons. The monoisotopic (exact) mass is 256 g/mol. The summed E-state index contributed by atoms with van der Waals surface area (Å²) in [6.07, 6.45) is 5.64. The zero-order valence-corrected chi connectivity index (χ0v) is 12.3. The molecule has 2 saturated heterocycles. The summed E-state index contributed by atoms with van der Waals surface area (Å²) in [5.41, 5.74) is 0. The molecule has 2 nitrogen and oxygen atoms in total. The first kappa shape index (κ1) is 13.7. The average Bonchev–Trinajstić information content (AvgIpc) is 2.39. The molecule has 2 aliphatic rings. The van der Waals surface area contributed by atoms with Crippen LogP contribution >= 0.6 is 11.8 Å². The van der Waals surface area contributed by atoms with Crippen LogP contribution in [0.4, 0.5) is 0 Å². The second kappa shape index (κ2) is 7.01. The third kappa shape index (κ3) is 4.15. The minimum absolute atomic E-state index is 0.724. The van der Waals surface area contributed by atoms with E-state index in [1.807, 2.05) is 0 Å². The Hall–Kier alpha value is 0.270. The van der Waals surface area contributed by atoms with Crippen molar-refractivity contribution in [2.75, 3.05) is 31.9 Å². The molecule has 0 amide bonds. The molecular weight excluding hydrogens is 228 g/mol. The minimum Gasteiger partial charge on any atom is -0.311 e. The zero-order valence-electron chi connectivity index (χ0n) is 11.5. The van der Waals surface area contributed by atoms with Crippen molar-refractivity contribution in [2.24, 2.45) is 5.92 Å². The number of piperazine rings is 1. The van der Waals surface area contributed by atoms with Gasteiger partial charge in [-0.25, -0.2) is 0 Å². The van der Waals surface area contributed by atoms with Crippen molar-refractivity contribution < 1.29 is 0 Å². The number of rotatable bonds is 4. The first-order valence-corrected chi connectivity index (χ1v) is 8.41. The summed E-state index contributed by atoms with van der Waals surface area (Å²) in [5, 5.41) is 4.60. The Balaban J connectivity index is 1.76. The molecule has 2 rings (SSSR count). The maximum Gasteiger partial charge on any atom is 0.0221 e. The summed E-state index contributed by atoms with van der Waals surface area (Å²) in [6.45, 7) is 9.74. The standard InChI is InChI=1S/C14H28N2S/c1-3-12(2)14-11-16(8-7-15-14)10-13-6-4-5-9-17-13/h12-15H,3-11H2,1-2H3. The summed E-state index contributed by atoms with van der Waals surface area (Å²) < 4.78 is 0. The Kier molecular flexibility index (Phi) is 5.64. The molecule has 0 aliphatic carbocycles. The molecule has 3 heteroatoms. The number of nitrogens with one attached hydrogen (secondary N) is 1. The lowest BCUT2D eigenvalue weighted by molar-refractivity contribution is 0.167. The van der Waals surface area contributed by atoms with Crippen molar-refractivity contribution in [3.63, 3.8) is 0 Å². The minimum atomic E-state index is 0.724. The Morgan fingerprint density at radius 1 is 1.41 bits per heavy atom. The summed E-state index contributed by atoms with van der Waals surface area (Å²) in [7, 11) is 0. The normalized spacial score (nSPS) is 33.5. The topological polar surface area (TPSA) is 15.3 Å². The van der Waals surface area contributed by atoms with Gasteiger partial charge in [0.05, 0.1) is 0 Å². The molecule has 17 heavy (non-hydrogen) atoms. The van der Waals surface area contributed by atoms with E-state index in [-0.39, 0.29) is 0 Å². The van der Waals surface area contributed by atoms with Gasteiger partial charge in [0.15, 0.2) is 0 Å². The molecule has 2 fully saturated rings. The lowest BCUT2D eigenvalue weighted by Crippen LogP contribution is -2.54. The maximum absolute atomic E-state index is 3.69. The van der Waals surface area contributed by atoms with Crippen molar-refractivity contribution in [2.45, 2.75) is 50.8 Å². The van der Waals surface area contributed by atoms with Crippen molar-refractivity contribution >= 4 is 11.8 Å². The molecule has 0 spiro atoms. The molecular formula is C14H28N2S. The molecule has 0 aromatic rings.